The van der Waals surface area contributed by atoms with E-state index in [0.29, 0.717) is 28.4 Å². The van der Waals surface area contributed by atoms with Crippen LogP contribution in [0.25, 0.3) is 11.4 Å². The van der Waals surface area contributed by atoms with E-state index in [9.17, 15) is 14.4 Å². The van der Waals surface area contributed by atoms with E-state index in [0.717, 1.165) is 22.9 Å². The molecule has 0 radical (unpaired) electrons. The first-order valence-electron chi connectivity index (χ1n) is 15.4. The molecule has 0 spiro atoms. The number of ether oxygens (including phenoxy) is 1. The van der Waals surface area contributed by atoms with Crippen LogP contribution < -0.4 is 15.7 Å². The molecule has 0 saturated heterocycles. The summed E-state index contributed by atoms with van der Waals surface area (Å²) >= 11 is 3.49. The molecule has 0 bridgehead atoms. The molecule has 47 heavy (non-hydrogen) atoms. The van der Waals surface area contributed by atoms with Crippen molar-refractivity contribution in [2.45, 2.75) is 58.5 Å². The Morgan fingerprint density at radius 3 is 2.57 bits per heavy atom. The van der Waals surface area contributed by atoms with Gasteiger partial charge in [0.05, 0.1) is 29.7 Å². The number of amides is 2. The molecule has 1 atom stereocenters. The molecule has 240 valence electrons. The van der Waals surface area contributed by atoms with E-state index < -0.39 is 17.4 Å². The topological polar surface area (TPSA) is 103 Å². The Morgan fingerprint density at radius 1 is 1.09 bits per heavy atom. The van der Waals surface area contributed by atoms with E-state index in [1.54, 1.807) is 70.4 Å². The number of aromatic nitrogens is 4. The predicted molar refractivity (Wildman–Crippen MR) is 177 cm³/mol. The summed E-state index contributed by atoms with van der Waals surface area (Å²) in [6, 6.07) is 18.5. The van der Waals surface area contributed by atoms with Crippen LogP contribution >= 0.6 is 15.9 Å². The van der Waals surface area contributed by atoms with Gasteiger partial charge in [0.15, 0.2) is 0 Å². The molecule has 12 heteroatoms. The number of nitrogens with zero attached hydrogens (tertiary/aromatic N) is 5. The van der Waals surface area contributed by atoms with Gasteiger partial charge in [0.1, 0.15) is 17.3 Å². The summed E-state index contributed by atoms with van der Waals surface area (Å²) in [7, 11) is 0. The summed E-state index contributed by atoms with van der Waals surface area (Å²) in [6.07, 6.45) is 5.50. The van der Waals surface area contributed by atoms with E-state index in [1.165, 1.54) is 15.3 Å². The van der Waals surface area contributed by atoms with Crippen molar-refractivity contribution < 1.29 is 18.7 Å². The summed E-state index contributed by atoms with van der Waals surface area (Å²) in [5, 5.41) is 7.07. The number of hydrogen-bond donors (Lipinski definition) is 1. The van der Waals surface area contributed by atoms with Gasteiger partial charge in [-0.15, -0.1) is 0 Å². The number of carbonyl (C=O) groups excluding carboxylic acids is 2. The number of benzene rings is 3. The van der Waals surface area contributed by atoms with Crippen LogP contribution in [0, 0.1) is 12.7 Å². The first kappa shape index (κ1) is 30.7. The third-order valence-electron chi connectivity index (χ3n) is 8.62. The van der Waals surface area contributed by atoms with Gasteiger partial charge < -0.3 is 15.0 Å². The first-order valence-corrected chi connectivity index (χ1v) is 16.2. The van der Waals surface area contributed by atoms with Gasteiger partial charge in [0.2, 0.25) is 0 Å². The number of halogens is 2. The molecule has 1 aliphatic heterocycles. The second-order valence-electron chi connectivity index (χ2n) is 12.0. The average Bonchev–Trinajstić information content (AvgIpc) is 3.61. The van der Waals surface area contributed by atoms with Gasteiger partial charge in [-0.05, 0) is 92.9 Å². The van der Waals surface area contributed by atoms with Crippen molar-refractivity contribution in [3.05, 3.63) is 128 Å². The number of aryl methyl sites for hydroxylation is 1. The molecular formula is C35H32BrFN6O4. The standard InChI is InChI=1S/C35H32BrFN6O4/c1-21-17-23(7-14-28(21)36)34(45)40-20-31-32(33(44)38-18-27-29(37)5-3-6-30(27)42-16-4-15-39-42)43(35(46)41(31)19-22(40)2)24-8-10-25(11-9-24)47-26-12-13-26/h3-11,14-17,22,26H,12-13,18-20H2,1-2H3,(H,38,44)/t22-/m1/s1. The highest BCUT2D eigenvalue weighted by Gasteiger charge is 2.35. The molecular weight excluding hydrogens is 667 g/mol. The van der Waals surface area contributed by atoms with E-state index in [2.05, 4.69) is 26.3 Å². The van der Waals surface area contributed by atoms with Crippen LogP contribution in [0.1, 0.15) is 57.4 Å². The summed E-state index contributed by atoms with van der Waals surface area (Å²) in [6.45, 7) is 3.86. The lowest BCUT2D eigenvalue weighted by atomic mass is 10.1. The fourth-order valence-electron chi connectivity index (χ4n) is 5.96. The van der Waals surface area contributed by atoms with Crippen LogP contribution in [0.2, 0.25) is 0 Å². The highest BCUT2D eigenvalue weighted by molar-refractivity contribution is 9.10. The largest absolute Gasteiger partial charge is 0.490 e. The van der Waals surface area contributed by atoms with Gasteiger partial charge in [-0.25, -0.2) is 13.9 Å². The van der Waals surface area contributed by atoms with Crippen LogP contribution in [-0.4, -0.2) is 47.8 Å². The maximum absolute atomic E-state index is 15.1. The lowest BCUT2D eigenvalue weighted by molar-refractivity contribution is 0.0610. The monoisotopic (exact) mass is 698 g/mol. The van der Waals surface area contributed by atoms with Gasteiger partial charge in [-0.3, -0.25) is 18.7 Å². The molecule has 0 unspecified atom stereocenters. The van der Waals surface area contributed by atoms with Gasteiger partial charge in [-0.1, -0.05) is 22.0 Å². The first-order chi connectivity index (χ1) is 22.7. The van der Waals surface area contributed by atoms with Crippen molar-refractivity contribution in [1.82, 2.24) is 29.1 Å². The fraction of sp³-hybridized carbons (Fsp3) is 0.257. The van der Waals surface area contributed by atoms with Crippen molar-refractivity contribution in [3.8, 4) is 17.1 Å². The highest BCUT2D eigenvalue weighted by atomic mass is 79.9. The zero-order valence-corrected chi connectivity index (χ0v) is 27.4. The lowest BCUT2D eigenvalue weighted by Gasteiger charge is -2.34. The van der Waals surface area contributed by atoms with Crippen LogP contribution in [0.5, 0.6) is 5.75 Å². The van der Waals surface area contributed by atoms with Crippen LogP contribution in [-0.2, 0) is 19.6 Å². The summed E-state index contributed by atoms with van der Waals surface area (Å²) in [5.74, 6) is -0.607. The molecule has 5 aromatic rings. The number of fused-ring (bicyclic) bond motifs is 1. The molecule has 2 aromatic heterocycles. The fourth-order valence-corrected chi connectivity index (χ4v) is 6.20. The maximum Gasteiger partial charge on any atom is 0.333 e. The third kappa shape index (κ3) is 5.89. The normalized spacial score (nSPS) is 15.7. The maximum atomic E-state index is 15.1. The van der Waals surface area contributed by atoms with Gasteiger partial charge >= 0.3 is 5.69 Å². The Kier molecular flexibility index (Phi) is 8.04. The molecule has 7 rings (SSSR count). The van der Waals surface area contributed by atoms with E-state index in [-0.39, 0.29) is 48.9 Å². The molecule has 3 heterocycles. The zero-order chi connectivity index (χ0) is 32.8. The van der Waals surface area contributed by atoms with Crippen molar-refractivity contribution in [1.29, 1.82) is 0 Å². The molecule has 1 fully saturated rings. The van der Waals surface area contributed by atoms with Gasteiger partial charge in [-0.2, -0.15) is 5.10 Å². The van der Waals surface area contributed by atoms with Crippen molar-refractivity contribution >= 4 is 27.7 Å². The van der Waals surface area contributed by atoms with Crippen molar-refractivity contribution in [2.24, 2.45) is 0 Å². The highest BCUT2D eigenvalue weighted by Crippen LogP contribution is 2.29. The molecule has 1 saturated carbocycles. The number of nitrogens with one attached hydrogen (secondary N) is 1. The van der Waals surface area contributed by atoms with Crippen molar-refractivity contribution in [2.75, 3.05) is 0 Å². The molecule has 2 amide bonds. The molecule has 10 nitrogen and oxygen atoms in total. The van der Waals surface area contributed by atoms with Crippen molar-refractivity contribution in [3.63, 3.8) is 0 Å². The number of imidazole rings is 1. The predicted octanol–water partition coefficient (Wildman–Crippen LogP) is 5.55. The Hall–Kier alpha value is -4.97. The molecule has 1 aliphatic carbocycles. The minimum atomic E-state index is -0.578. The SMILES string of the molecule is Cc1cc(C(=O)N2Cc3c(C(=O)NCc4c(F)cccc4-n4cccn4)n(-c4ccc(OC5CC5)cc4)c(=O)n3C[C@H]2C)ccc1Br. The zero-order valence-electron chi connectivity index (χ0n) is 25.8. The van der Waals surface area contributed by atoms with E-state index >= 15 is 4.39 Å². The van der Waals surface area contributed by atoms with E-state index in [1.807, 2.05) is 26.0 Å². The van der Waals surface area contributed by atoms with Crippen LogP contribution in [0.15, 0.2) is 88.4 Å². The Bertz CT molecular complexity index is 2050. The molecule has 2 aliphatic rings. The van der Waals surface area contributed by atoms with E-state index in [4.69, 9.17) is 4.74 Å². The second kappa shape index (κ2) is 12.3. The van der Waals surface area contributed by atoms with Gasteiger partial charge in [0, 0.05) is 47.1 Å². The summed E-state index contributed by atoms with van der Waals surface area (Å²) in [5.41, 5.74) is 2.70. The number of rotatable bonds is 8. The van der Waals surface area contributed by atoms with Crippen LogP contribution in [0.4, 0.5) is 4.39 Å². The Labute approximate surface area is 278 Å². The minimum absolute atomic E-state index is 0.0290. The smallest absolute Gasteiger partial charge is 0.333 e. The lowest BCUT2D eigenvalue weighted by Crippen LogP contribution is -2.47. The number of hydrogen-bond acceptors (Lipinski definition) is 5. The Balaban J connectivity index is 1.27. The average molecular weight is 700 g/mol. The number of carbonyl (C=O) groups is 2. The summed E-state index contributed by atoms with van der Waals surface area (Å²) in [4.78, 5) is 43.7. The van der Waals surface area contributed by atoms with Crippen LogP contribution in [0.3, 0.4) is 0 Å². The Morgan fingerprint density at radius 2 is 1.87 bits per heavy atom. The third-order valence-corrected chi connectivity index (χ3v) is 9.51. The summed E-state index contributed by atoms with van der Waals surface area (Å²) < 4.78 is 26.4. The second-order valence-corrected chi connectivity index (χ2v) is 12.8. The quantitative estimate of drug-likeness (QED) is 0.229. The minimum Gasteiger partial charge on any atom is -0.490 e. The molecule has 1 N–H and O–H groups in total. The van der Waals surface area contributed by atoms with Gasteiger partial charge in [0.25, 0.3) is 11.8 Å². The molecule has 3 aromatic carbocycles.